The number of carbonyl (C=O) groups excluding carboxylic acids is 1. The van der Waals surface area contributed by atoms with Gasteiger partial charge >= 0.3 is 5.97 Å². The summed E-state index contributed by atoms with van der Waals surface area (Å²) in [7, 11) is 1.40. The molecule has 0 aliphatic rings. The van der Waals surface area contributed by atoms with E-state index in [1.165, 1.54) is 7.11 Å². The third-order valence-electron chi connectivity index (χ3n) is 4.57. The first kappa shape index (κ1) is 16.1. The molecular weight excluding hydrogens is 320 g/mol. The van der Waals surface area contributed by atoms with Gasteiger partial charge < -0.3 is 4.74 Å². The van der Waals surface area contributed by atoms with Gasteiger partial charge in [-0.25, -0.2) is 4.79 Å². The van der Waals surface area contributed by atoms with Crippen LogP contribution in [0.4, 0.5) is 0 Å². The number of benzene rings is 4. The van der Waals surface area contributed by atoms with Gasteiger partial charge in [0.05, 0.1) is 12.7 Å². The summed E-state index contributed by atoms with van der Waals surface area (Å²) in [6.07, 6.45) is 4.27. The Morgan fingerprint density at radius 3 is 2.27 bits per heavy atom. The molecule has 0 atom stereocenters. The third kappa shape index (κ3) is 2.98. The van der Waals surface area contributed by atoms with E-state index in [1.807, 2.05) is 48.5 Å². The first-order valence-electron chi connectivity index (χ1n) is 8.53. The van der Waals surface area contributed by atoms with E-state index in [9.17, 15) is 4.79 Å². The van der Waals surface area contributed by atoms with Crippen molar-refractivity contribution in [3.63, 3.8) is 0 Å². The molecule has 4 aromatic rings. The highest BCUT2D eigenvalue weighted by atomic mass is 16.5. The molecule has 0 spiro atoms. The standard InChI is InChI=1S/C24H18O2/c1-26-24(25)20-14-13-19-15-18(12-11-17-7-3-2-4-8-17)21-9-5-6-10-22(21)23(19)16-20/h2-16H,1H3/b12-11+. The van der Waals surface area contributed by atoms with Gasteiger partial charge in [-0.05, 0) is 50.9 Å². The lowest BCUT2D eigenvalue weighted by molar-refractivity contribution is 0.0601. The Hall–Kier alpha value is -3.39. The van der Waals surface area contributed by atoms with Crippen LogP contribution in [0.25, 0.3) is 33.7 Å². The Balaban J connectivity index is 1.91. The van der Waals surface area contributed by atoms with Crippen molar-refractivity contribution in [2.45, 2.75) is 0 Å². The molecule has 0 saturated carbocycles. The number of ether oxygens (including phenoxy) is 1. The molecule has 0 unspecified atom stereocenters. The SMILES string of the molecule is COC(=O)c1ccc2cc(/C=C/c3ccccc3)c3ccccc3c2c1. The minimum atomic E-state index is -0.316. The van der Waals surface area contributed by atoms with Crippen molar-refractivity contribution in [3.8, 4) is 0 Å². The Kier molecular flexibility index (Phi) is 4.24. The highest BCUT2D eigenvalue weighted by molar-refractivity contribution is 6.12. The van der Waals surface area contributed by atoms with E-state index in [4.69, 9.17) is 4.74 Å². The molecule has 4 aromatic carbocycles. The number of esters is 1. The van der Waals surface area contributed by atoms with Crippen molar-refractivity contribution >= 4 is 39.7 Å². The van der Waals surface area contributed by atoms with Crippen LogP contribution in [-0.4, -0.2) is 13.1 Å². The molecular formula is C24H18O2. The van der Waals surface area contributed by atoms with Crippen LogP contribution in [0.3, 0.4) is 0 Å². The van der Waals surface area contributed by atoms with Gasteiger partial charge in [0.15, 0.2) is 0 Å². The summed E-state index contributed by atoms with van der Waals surface area (Å²) in [6, 6.07) is 26.4. The highest BCUT2D eigenvalue weighted by Gasteiger charge is 2.09. The van der Waals surface area contributed by atoms with Gasteiger partial charge in [-0.3, -0.25) is 0 Å². The molecule has 0 saturated heterocycles. The largest absolute Gasteiger partial charge is 0.465 e. The molecule has 0 bridgehead atoms. The topological polar surface area (TPSA) is 26.3 Å². The van der Waals surface area contributed by atoms with Crippen LogP contribution in [0, 0.1) is 0 Å². The maximum absolute atomic E-state index is 11.9. The number of hydrogen-bond donors (Lipinski definition) is 0. The zero-order chi connectivity index (χ0) is 17.9. The molecule has 2 nitrogen and oxygen atoms in total. The van der Waals surface area contributed by atoms with Crippen LogP contribution in [0.2, 0.25) is 0 Å². The van der Waals surface area contributed by atoms with Gasteiger partial charge in [0.2, 0.25) is 0 Å². The number of carbonyl (C=O) groups is 1. The van der Waals surface area contributed by atoms with Crippen LogP contribution in [0.5, 0.6) is 0 Å². The monoisotopic (exact) mass is 338 g/mol. The van der Waals surface area contributed by atoms with Gasteiger partial charge in [0.25, 0.3) is 0 Å². The van der Waals surface area contributed by atoms with E-state index in [0.29, 0.717) is 5.56 Å². The molecule has 2 heteroatoms. The second-order valence-electron chi connectivity index (χ2n) is 6.18. The van der Waals surface area contributed by atoms with E-state index in [1.54, 1.807) is 0 Å². The summed E-state index contributed by atoms with van der Waals surface area (Å²) in [6.45, 7) is 0. The Morgan fingerprint density at radius 1 is 0.769 bits per heavy atom. The van der Waals surface area contributed by atoms with Crippen LogP contribution >= 0.6 is 0 Å². The normalized spacial score (nSPS) is 11.3. The molecule has 0 amide bonds. The maximum atomic E-state index is 11.9. The van der Waals surface area contributed by atoms with Gasteiger partial charge in [-0.2, -0.15) is 0 Å². The molecule has 0 N–H and O–H groups in total. The summed E-state index contributed by atoms with van der Waals surface area (Å²) in [5.41, 5.74) is 2.89. The van der Waals surface area contributed by atoms with E-state index < -0.39 is 0 Å². The predicted molar refractivity (Wildman–Crippen MR) is 108 cm³/mol. The minimum Gasteiger partial charge on any atom is -0.465 e. The summed E-state index contributed by atoms with van der Waals surface area (Å²) in [5.74, 6) is -0.316. The first-order chi connectivity index (χ1) is 12.8. The van der Waals surface area contributed by atoms with Crippen LogP contribution in [-0.2, 0) is 4.74 Å². The molecule has 26 heavy (non-hydrogen) atoms. The van der Waals surface area contributed by atoms with Crippen molar-refractivity contribution in [1.82, 2.24) is 0 Å². The molecule has 0 radical (unpaired) electrons. The molecule has 0 fully saturated rings. The summed E-state index contributed by atoms with van der Waals surface area (Å²) in [4.78, 5) is 11.9. The van der Waals surface area contributed by atoms with Crippen molar-refractivity contribution in [2.24, 2.45) is 0 Å². The van der Waals surface area contributed by atoms with E-state index in [2.05, 4.69) is 42.5 Å². The zero-order valence-electron chi connectivity index (χ0n) is 14.5. The second-order valence-corrected chi connectivity index (χ2v) is 6.18. The number of fused-ring (bicyclic) bond motifs is 3. The van der Waals surface area contributed by atoms with Crippen molar-refractivity contribution < 1.29 is 9.53 Å². The van der Waals surface area contributed by atoms with Crippen LogP contribution in [0.1, 0.15) is 21.5 Å². The smallest absolute Gasteiger partial charge is 0.337 e. The minimum absolute atomic E-state index is 0.316. The number of methoxy groups -OCH3 is 1. The Bertz CT molecular complexity index is 1120. The third-order valence-corrected chi connectivity index (χ3v) is 4.57. The molecule has 126 valence electrons. The van der Waals surface area contributed by atoms with Crippen molar-refractivity contribution in [1.29, 1.82) is 0 Å². The molecule has 0 heterocycles. The fourth-order valence-corrected chi connectivity index (χ4v) is 3.26. The summed E-state index contributed by atoms with van der Waals surface area (Å²) in [5, 5.41) is 4.45. The van der Waals surface area contributed by atoms with E-state index in [0.717, 1.165) is 32.7 Å². The molecule has 0 aliphatic carbocycles. The lowest BCUT2D eigenvalue weighted by atomic mass is 9.95. The summed E-state index contributed by atoms with van der Waals surface area (Å²) < 4.78 is 4.86. The Labute approximate surface area is 152 Å². The van der Waals surface area contributed by atoms with Crippen molar-refractivity contribution in [2.75, 3.05) is 7.11 Å². The fraction of sp³-hybridized carbons (Fsp3) is 0.0417. The Morgan fingerprint density at radius 2 is 1.50 bits per heavy atom. The quantitative estimate of drug-likeness (QED) is 0.262. The zero-order valence-corrected chi connectivity index (χ0v) is 14.5. The fourth-order valence-electron chi connectivity index (χ4n) is 3.26. The molecule has 0 aliphatic heterocycles. The van der Waals surface area contributed by atoms with Crippen LogP contribution < -0.4 is 0 Å². The second kappa shape index (κ2) is 6.85. The van der Waals surface area contributed by atoms with E-state index >= 15 is 0 Å². The van der Waals surface area contributed by atoms with Crippen LogP contribution in [0.15, 0.2) is 78.9 Å². The number of hydrogen-bond acceptors (Lipinski definition) is 2. The average Bonchev–Trinajstić information content (AvgIpc) is 2.72. The van der Waals surface area contributed by atoms with Gasteiger partial charge in [0.1, 0.15) is 0 Å². The lowest BCUT2D eigenvalue weighted by Gasteiger charge is -2.09. The first-order valence-corrected chi connectivity index (χ1v) is 8.53. The highest BCUT2D eigenvalue weighted by Crippen LogP contribution is 2.30. The van der Waals surface area contributed by atoms with Gasteiger partial charge in [-0.1, -0.05) is 72.8 Å². The summed E-state index contributed by atoms with van der Waals surface area (Å²) >= 11 is 0. The molecule has 0 aromatic heterocycles. The van der Waals surface area contributed by atoms with Crippen molar-refractivity contribution in [3.05, 3.63) is 95.6 Å². The average molecular weight is 338 g/mol. The maximum Gasteiger partial charge on any atom is 0.337 e. The molecule has 4 rings (SSSR count). The van der Waals surface area contributed by atoms with Gasteiger partial charge in [0, 0.05) is 0 Å². The number of rotatable bonds is 3. The predicted octanol–water partition coefficient (Wildman–Crippen LogP) is 5.95. The van der Waals surface area contributed by atoms with E-state index in [-0.39, 0.29) is 5.97 Å². The van der Waals surface area contributed by atoms with Gasteiger partial charge in [-0.15, -0.1) is 0 Å². The lowest BCUT2D eigenvalue weighted by Crippen LogP contribution is -2.00.